The SMILES string of the molecule is CCC(CC)(CC)OB(O)F.N. The van der Waals surface area contributed by atoms with Crippen molar-refractivity contribution < 1.29 is 14.0 Å². The molecule has 0 aromatic heterocycles. The van der Waals surface area contributed by atoms with E-state index in [0.29, 0.717) is 0 Å². The fraction of sp³-hybridized carbons (Fsp3) is 1.00. The van der Waals surface area contributed by atoms with E-state index in [4.69, 9.17) is 9.68 Å². The van der Waals surface area contributed by atoms with E-state index >= 15 is 0 Å². The molecule has 0 bridgehead atoms. The molecule has 0 fully saturated rings. The molecule has 0 saturated heterocycles. The summed E-state index contributed by atoms with van der Waals surface area (Å²) < 4.78 is 16.9. The quantitative estimate of drug-likeness (QED) is 0.635. The Bertz CT molecular complexity index is 101. The third kappa shape index (κ3) is 4.04. The Kier molecular flexibility index (Phi) is 7.68. The summed E-state index contributed by atoms with van der Waals surface area (Å²) in [4.78, 5) is 0. The monoisotopic (exact) mass is 179 g/mol. The van der Waals surface area contributed by atoms with Gasteiger partial charge in [-0.2, -0.15) is 0 Å². The van der Waals surface area contributed by atoms with Crippen molar-refractivity contribution in [2.75, 3.05) is 0 Å². The normalized spacial score (nSPS) is 10.8. The first-order valence-electron chi connectivity index (χ1n) is 4.10. The van der Waals surface area contributed by atoms with E-state index < -0.39 is 13.0 Å². The molecular formula is C7H19BFNO2. The molecule has 3 nitrogen and oxygen atoms in total. The van der Waals surface area contributed by atoms with Gasteiger partial charge in [0.1, 0.15) is 0 Å². The highest BCUT2D eigenvalue weighted by molar-refractivity contribution is 6.33. The largest absolute Gasteiger partial charge is 0.677 e. The molecule has 0 aromatic carbocycles. The van der Waals surface area contributed by atoms with Crippen LogP contribution in [0.15, 0.2) is 0 Å². The molecule has 5 heteroatoms. The molecule has 0 aliphatic rings. The van der Waals surface area contributed by atoms with Gasteiger partial charge in [-0.3, -0.25) is 4.32 Å². The van der Waals surface area contributed by atoms with Crippen molar-refractivity contribution in [3.05, 3.63) is 0 Å². The van der Waals surface area contributed by atoms with Crippen molar-refractivity contribution in [3.63, 3.8) is 0 Å². The summed E-state index contributed by atoms with van der Waals surface area (Å²) in [7, 11) is -2.14. The van der Waals surface area contributed by atoms with Crippen LogP contribution in [0.25, 0.3) is 0 Å². The lowest BCUT2D eigenvalue weighted by Gasteiger charge is -2.30. The summed E-state index contributed by atoms with van der Waals surface area (Å²) in [6, 6.07) is 0. The summed E-state index contributed by atoms with van der Waals surface area (Å²) in [5, 5.41) is 8.39. The maximum Gasteiger partial charge on any atom is 0.677 e. The van der Waals surface area contributed by atoms with Crippen LogP contribution in [0.2, 0.25) is 0 Å². The van der Waals surface area contributed by atoms with E-state index in [2.05, 4.69) is 0 Å². The predicted molar refractivity (Wildman–Crippen MR) is 48.8 cm³/mol. The summed E-state index contributed by atoms with van der Waals surface area (Å²) >= 11 is 0. The van der Waals surface area contributed by atoms with Gasteiger partial charge in [0.25, 0.3) is 0 Å². The van der Waals surface area contributed by atoms with E-state index in [1.165, 1.54) is 0 Å². The molecule has 12 heavy (non-hydrogen) atoms. The zero-order valence-corrected chi connectivity index (χ0v) is 8.14. The third-order valence-corrected chi connectivity index (χ3v) is 2.28. The molecule has 0 atom stereocenters. The van der Waals surface area contributed by atoms with E-state index in [1.54, 1.807) is 0 Å². The summed E-state index contributed by atoms with van der Waals surface area (Å²) in [6.07, 6.45) is 2.17. The molecule has 0 unspecified atom stereocenters. The first kappa shape index (κ1) is 14.4. The second kappa shape index (κ2) is 6.40. The summed E-state index contributed by atoms with van der Waals surface area (Å²) in [5.41, 5.74) is -0.478. The second-order valence-corrected chi connectivity index (χ2v) is 2.65. The lowest BCUT2D eigenvalue weighted by molar-refractivity contribution is 0.0202. The molecule has 0 radical (unpaired) electrons. The molecule has 0 amide bonds. The highest BCUT2D eigenvalue weighted by atomic mass is 19.1. The molecular weight excluding hydrogens is 160 g/mol. The van der Waals surface area contributed by atoms with Crippen LogP contribution in [0.3, 0.4) is 0 Å². The first-order valence-corrected chi connectivity index (χ1v) is 4.10. The minimum Gasteiger partial charge on any atom is -0.398 e. The van der Waals surface area contributed by atoms with Gasteiger partial charge in [0.2, 0.25) is 0 Å². The van der Waals surface area contributed by atoms with E-state index in [1.807, 2.05) is 20.8 Å². The zero-order chi connectivity index (χ0) is 8.91. The number of rotatable bonds is 5. The molecule has 0 heterocycles. The van der Waals surface area contributed by atoms with Gasteiger partial charge in [-0.1, -0.05) is 20.8 Å². The average molecular weight is 179 g/mol. The Morgan fingerprint density at radius 3 is 1.67 bits per heavy atom. The third-order valence-electron chi connectivity index (χ3n) is 2.28. The minimum absolute atomic E-state index is 0. The molecule has 0 aliphatic carbocycles. The van der Waals surface area contributed by atoms with Crippen molar-refractivity contribution in [2.24, 2.45) is 0 Å². The van der Waals surface area contributed by atoms with Crippen molar-refractivity contribution >= 4 is 7.40 Å². The standard InChI is InChI=1S/C7H16BFO2.H3N/c1-4-7(5-2,6-3)11-8(9)10;/h10H,4-6H2,1-3H3;1H3. The predicted octanol–water partition coefficient (Wildman–Crippen LogP) is 2.08. The van der Waals surface area contributed by atoms with Gasteiger partial charge in [0.05, 0.1) is 5.60 Å². The van der Waals surface area contributed by atoms with Crippen LogP contribution in [0.4, 0.5) is 4.32 Å². The lowest BCUT2D eigenvalue weighted by atomic mass is 9.92. The van der Waals surface area contributed by atoms with Gasteiger partial charge in [-0.05, 0) is 19.3 Å². The Hall–Kier alpha value is -0.125. The molecule has 0 aliphatic heterocycles. The van der Waals surface area contributed by atoms with Crippen LogP contribution in [0.5, 0.6) is 0 Å². The molecule has 74 valence electrons. The van der Waals surface area contributed by atoms with Gasteiger partial charge >= 0.3 is 7.40 Å². The Morgan fingerprint density at radius 1 is 1.25 bits per heavy atom. The maximum atomic E-state index is 12.1. The van der Waals surface area contributed by atoms with Crippen LogP contribution < -0.4 is 6.15 Å². The van der Waals surface area contributed by atoms with Crippen molar-refractivity contribution in [2.45, 2.75) is 45.6 Å². The number of hydrogen-bond donors (Lipinski definition) is 2. The highest BCUT2D eigenvalue weighted by Crippen LogP contribution is 2.24. The topological polar surface area (TPSA) is 64.5 Å². The van der Waals surface area contributed by atoms with Crippen LogP contribution in [0, 0.1) is 0 Å². The van der Waals surface area contributed by atoms with Gasteiger partial charge in [0, 0.05) is 0 Å². The number of hydrogen-bond acceptors (Lipinski definition) is 3. The van der Waals surface area contributed by atoms with Crippen LogP contribution in [-0.4, -0.2) is 18.0 Å². The van der Waals surface area contributed by atoms with Crippen LogP contribution >= 0.6 is 0 Å². The van der Waals surface area contributed by atoms with Crippen molar-refractivity contribution in [1.29, 1.82) is 0 Å². The average Bonchev–Trinajstić information content (AvgIpc) is 2.00. The fourth-order valence-corrected chi connectivity index (χ4v) is 1.21. The van der Waals surface area contributed by atoms with E-state index in [9.17, 15) is 4.32 Å². The van der Waals surface area contributed by atoms with Gasteiger partial charge in [-0.25, -0.2) is 0 Å². The molecule has 0 spiro atoms. The maximum absolute atomic E-state index is 12.1. The Balaban J connectivity index is 0. The van der Waals surface area contributed by atoms with Gasteiger partial charge in [-0.15, -0.1) is 0 Å². The summed E-state index contributed by atoms with van der Waals surface area (Å²) in [5.74, 6) is 0. The van der Waals surface area contributed by atoms with E-state index in [-0.39, 0.29) is 6.15 Å². The Labute approximate surface area is 74.1 Å². The molecule has 0 saturated carbocycles. The van der Waals surface area contributed by atoms with E-state index in [0.717, 1.165) is 19.3 Å². The van der Waals surface area contributed by atoms with Crippen LogP contribution in [0.1, 0.15) is 40.0 Å². The minimum atomic E-state index is -2.14. The van der Waals surface area contributed by atoms with Crippen LogP contribution in [-0.2, 0) is 4.65 Å². The van der Waals surface area contributed by atoms with Crippen molar-refractivity contribution in [3.8, 4) is 0 Å². The van der Waals surface area contributed by atoms with Gasteiger partial charge < -0.3 is 15.8 Å². The van der Waals surface area contributed by atoms with Crippen molar-refractivity contribution in [1.82, 2.24) is 6.15 Å². The number of halogens is 1. The smallest absolute Gasteiger partial charge is 0.398 e. The zero-order valence-electron chi connectivity index (χ0n) is 8.14. The second-order valence-electron chi connectivity index (χ2n) is 2.65. The molecule has 0 rings (SSSR count). The fourth-order valence-electron chi connectivity index (χ4n) is 1.21. The Morgan fingerprint density at radius 2 is 1.58 bits per heavy atom. The lowest BCUT2D eigenvalue weighted by Crippen LogP contribution is -2.35. The molecule has 4 N–H and O–H groups in total. The highest BCUT2D eigenvalue weighted by Gasteiger charge is 2.30. The summed E-state index contributed by atoms with van der Waals surface area (Å²) in [6.45, 7) is 5.78. The first-order chi connectivity index (χ1) is 5.10. The molecule has 0 aromatic rings. The van der Waals surface area contributed by atoms with Gasteiger partial charge in [0.15, 0.2) is 0 Å².